The molecule has 36 heavy (non-hydrogen) atoms. The molecular formula is C24H23N3O7S2. The molecule has 0 spiro atoms. The summed E-state index contributed by atoms with van der Waals surface area (Å²) in [6.07, 6.45) is 1.52. The highest BCUT2D eigenvalue weighted by molar-refractivity contribution is 8.00. The van der Waals surface area contributed by atoms with Gasteiger partial charge in [-0.1, -0.05) is 23.9 Å². The van der Waals surface area contributed by atoms with Crippen molar-refractivity contribution < 1.29 is 32.2 Å². The lowest BCUT2D eigenvalue weighted by atomic mass is 10.2. The van der Waals surface area contributed by atoms with Crippen molar-refractivity contribution in [2.75, 3.05) is 32.0 Å². The van der Waals surface area contributed by atoms with Crippen molar-refractivity contribution in [3.63, 3.8) is 0 Å². The van der Waals surface area contributed by atoms with Gasteiger partial charge in [0.05, 0.1) is 16.2 Å². The number of ether oxygens (including phenoxy) is 3. The van der Waals surface area contributed by atoms with Crippen LogP contribution in [0.2, 0.25) is 0 Å². The average Bonchev–Trinajstić information content (AvgIpc) is 3.34. The monoisotopic (exact) mass is 529 g/mol. The lowest BCUT2D eigenvalue weighted by Gasteiger charge is -2.13. The summed E-state index contributed by atoms with van der Waals surface area (Å²) in [6.45, 7) is 0.0149. The summed E-state index contributed by atoms with van der Waals surface area (Å²) in [6, 6.07) is 14.4. The molecular weight excluding hydrogens is 506 g/mol. The van der Waals surface area contributed by atoms with Gasteiger partial charge in [-0.25, -0.2) is 22.5 Å². The third-order valence-electron chi connectivity index (χ3n) is 5.03. The number of hydrogen-bond acceptors (Lipinski definition) is 9. The predicted molar refractivity (Wildman–Crippen MR) is 133 cm³/mol. The molecule has 10 nitrogen and oxygen atoms in total. The maximum atomic E-state index is 12.7. The van der Waals surface area contributed by atoms with Gasteiger partial charge in [0.15, 0.2) is 11.5 Å². The van der Waals surface area contributed by atoms with Crippen LogP contribution in [-0.2, 0) is 26.2 Å². The minimum atomic E-state index is -3.61. The minimum Gasteiger partial charge on any atom is -0.457 e. The number of sulfonamides is 1. The molecule has 0 unspecified atom stereocenters. The zero-order valence-corrected chi connectivity index (χ0v) is 21.1. The van der Waals surface area contributed by atoms with Crippen LogP contribution in [0.3, 0.4) is 0 Å². The summed E-state index contributed by atoms with van der Waals surface area (Å²) < 4.78 is 41.8. The molecule has 1 aliphatic heterocycles. The number of amides is 1. The fourth-order valence-electron chi connectivity index (χ4n) is 3.20. The Labute approximate surface area is 212 Å². The molecule has 2 heterocycles. The number of hydrogen-bond donors (Lipinski definition) is 1. The summed E-state index contributed by atoms with van der Waals surface area (Å²) in [5.41, 5.74) is 1.28. The Bertz CT molecular complexity index is 1390. The van der Waals surface area contributed by atoms with Gasteiger partial charge in [0, 0.05) is 32.0 Å². The van der Waals surface area contributed by atoms with Crippen molar-refractivity contribution in [2.45, 2.75) is 16.5 Å². The maximum Gasteiger partial charge on any atom is 0.341 e. The predicted octanol–water partition coefficient (Wildman–Crippen LogP) is 3.15. The molecule has 0 atom stereocenters. The minimum absolute atomic E-state index is 0.0101. The molecule has 0 aliphatic carbocycles. The number of anilines is 1. The number of benzene rings is 2. The van der Waals surface area contributed by atoms with Crippen LogP contribution < -0.4 is 14.8 Å². The van der Waals surface area contributed by atoms with Gasteiger partial charge in [0.25, 0.3) is 0 Å². The number of nitrogens with one attached hydrogen (secondary N) is 1. The first kappa shape index (κ1) is 25.5. The topological polar surface area (TPSA) is 124 Å². The number of carbonyl (C=O) groups is 2. The highest BCUT2D eigenvalue weighted by atomic mass is 32.2. The number of rotatable bonds is 9. The van der Waals surface area contributed by atoms with Crippen molar-refractivity contribution in [1.82, 2.24) is 9.29 Å². The van der Waals surface area contributed by atoms with Gasteiger partial charge in [0.2, 0.25) is 22.7 Å². The highest BCUT2D eigenvalue weighted by Crippen LogP contribution is 2.34. The van der Waals surface area contributed by atoms with Gasteiger partial charge in [-0.05, 0) is 42.0 Å². The number of thioether (sulfide) groups is 1. The number of aromatic nitrogens is 1. The molecule has 0 fully saturated rings. The van der Waals surface area contributed by atoms with Gasteiger partial charge >= 0.3 is 5.97 Å². The van der Waals surface area contributed by atoms with Gasteiger partial charge in [-0.2, -0.15) is 0 Å². The number of carbonyl (C=O) groups excluding carboxylic acids is 2. The zero-order chi connectivity index (χ0) is 25.7. The Hall–Kier alpha value is -3.61. The van der Waals surface area contributed by atoms with Crippen LogP contribution in [0.1, 0.15) is 15.9 Å². The smallest absolute Gasteiger partial charge is 0.341 e. The van der Waals surface area contributed by atoms with Crippen molar-refractivity contribution in [2.24, 2.45) is 0 Å². The summed E-state index contributed by atoms with van der Waals surface area (Å²) >= 11 is 1.09. The van der Waals surface area contributed by atoms with E-state index in [4.69, 9.17) is 14.2 Å². The summed E-state index contributed by atoms with van der Waals surface area (Å²) in [5, 5.41) is 3.11. The Balaban J connectivity index is 1.36. The molecule has 0 radical (unpaired) electrons. The molecule has 0 saturated carbocycles. The third-order valence-corrected chi connectivity index (χ3v) is 7.85. The largest absolute Gasteiger partial charge is 0.457 e. The van der Waals surface area contributed by atoms with Crippen molar-refractivity contribution in [3.8, 4) is 11.5 Å². The third kappa shape index (κ3) is 5.96. The van der Waals surface area contributed by atoms with E-state index in [0.29, 0.717) is 27.8 Å². The van der Waals surface area contributed by atoms with E-state index < -0.39 is 16.0 Å². The molecule has 1 amide bonds. The van der Waals surface area contributed by atoms with Crippen molar-refractivity contribution in [3.05, 3.63) is 71.9 Å². The molecule has 3 aromatic rings. The second-order valence-corrected chi connectivity index (χ2v) is 10.9. The van der Waals surface area contributed by atoms with Crippen LogP contribution in [0.15, 0.2) is 70.7 Å². The molecule has 0 saturated heterocycles. The fourth-order valence-corrected chi connectivity index (χ4v) is 4.95. The molecule has 1 N–H and O–H groups in total. The fraction of sp³-hybridized carbons (Fsp3) is 0.208. The van der Waals surface area contributed by atoms with E-state index in [0.717, 1.165) is 16.1 Å². The molecule has 4 rings (SSSR count). The number of pyridine rings is 1. The lowest BCUT2D eigenvalue weighted by molar-refractivity contribution is -0.113. The van der Waals surface area contributed by atoms with Crippen molar-refractivity contribution in [1.29, 1.82) is 0 Å². The zero-order valence-electron chi connectivity index (χ0n) is 19.5. The quantitative estimate of drug-likeness (QED) is 0.329. The van der Waals surface area contributed by atoms with E-state index in [2.05, 4.69) is 10.3 Å². The maximum absolute atomic E-state index is 12.7. The van der Waals surface area contributed by atoms with Crippen molar-refractivity contribution >= 4 is 39.3 Å². The molecule has 2 aromatic carbocycles. The molecule has 188 valence electrons. The van der Waals surface area contributed by atoms with Gasteiger partial charge < -0.3 is 19.5 Å². The first-order valence-electron chi connectivity index (χ1n) is 10.7. The van der Waals surface area contributed by atoms with Gasteiger partial charge in [-0.15, -0.1) is 0 Å². The molecule has 1 aliphatic rings. The SMILES string of the molecule is CN(C)S(=O)(=O)c1cccc(COC(=O)c2cccnc2SCC(=O)Nc2ccc3c(c2)OCO3)c1. The summed E-state index contributed by atoms with van der Waals surface area (Å²) in [5.74, 6) is 0.256. The average molecular weight is 530 g/mol. The number of esters is 1. The van der Waals surface area contributed by atoms with Crippen LogP contribution in [0.25, 0.3) is 0 Å². The van der Waals surface area contributed by atoms with E-state index in [9.17, 15) is 18.0 Å². The van der Waals surface area contributed by atoms with Gasteiger partial charge in [0.1, 0.15) is 11.6 Å². The first-order chi connectivity index (χ1) is 17.2. The van der Waals surface area contributed by atoms with Crippen LogP contribution in [0.5, 0.6) is 11.5 Å². The van der Waals surface area contributed by atoms with E-state index in [1.165, 1.54) is 32.4 Å². The number of nitrogens with zero attached hydrogens (tertiary/aromatic N) is 2. The van der Waals surface area contributed by atoms with Crippen LogP contribution in [-0.4, -0.2) is 56.2 Å². The Morgan fingerprint density at radius 1 is 1.08 bits per heavy atom. The van der Waals surface area contributed by atoms with E-state index in [-0.39, 0.29) is 35.5 Å². The summed E-state index contributed by atoms with van der Waals surface area (Å²) in [7, 11) is -0.723. The second kappa shape index (κ2) is 11.0. The normalized spacial score (nSPS) is 12.4. The van der Waals surface area contributed by atoms with E-state index in [1.54, 1.807) is 42.5 Å². The molecule has 1 aromatic heterocycles. The highest BCUT2D eigenvalue weighted by Gasteiger charge is 2.19. The lowest BCUT2D eigenvalue weighted by Crippen LogP contribution is -2.22. The van der Waals surface area contributed by atoms with Crippen LogP contribution in [0.4, 0.5) is 5.69 Å². The summed E-state index contributed by atoms with van der Waals surface area (Å²) in [4.78, 5) is 29.5. The van der Waals surface area contributed by atoms with Crippen LogP contribution >= 0.6 is 11.8 Å². The van der Waals surface area contributed by atoms with Gasteiger partial charge in [-0.3, -0.25) is 4.79 Å². The molecule has 12 heteroatoms. The van der Waals surface area contributed by atoms with Crippen LogP contribution in [0, 0.1) is 0 Å². The van der Waals surface area contributed by atoms with E-state index in [1.807, 2.05) is 0 Å². The molecule has 0 bridgehead atoms. The standard InChI is InChI=1S/C24H23N3O7S2/c1-27(2)36(30,31)18-6-3-5-16(11-18)13-32-24(29)19-7-4-10-25-23(19)35-14-22(28)26-17-8-9-20-21(12-17)34-15-33-20/h3-12H,13-15H2,1-2H3,(H,26,28). The van der Waals surface area contributed by atoms with E-state index >= 15 is 0 Å². The Kier molecular flexibility index (Phi) is 7.77. The first-order valence-corrected chi connectivity index (χ1v) is 13.1. The Morgan fingerprint density at radius 2 is 1.89 bits per heavy atom. The number of fused-ring (bicyclic) bond motifs is 1. The Morgan fingerprint density at radius 3 is 2.69 bits per heavy atom. The second-order valence-electron chi connectivity index (χ2n) is 7.77.